The van der Waals surface area contributed by atoms with Crippen LogP contribution in [0.4, 0.5) is 11.5 Å². The summed E-state index contributed by atoms with van der Waals surface area (Å²) in [5.41, 5.74) is 7.33. The van der Waals surface area contributed by atoms with Gasteiger partial charge in [0.05, 0.1) is 16.9 Å². The van der Waals surface area contributed by atoms with Gasteiger partial charge in [0.2, 0.25) is 0 Å². The molecule has 13 heavy (non-hydrogen) atoms. The van der Waals surface area contributed by atoms with E-state index in [1.54, 1.807) is 12.3 Å². The van der Waals surface area contributed by atoms with Crippen molar-refractivity contribution in [2.45, 2.75) is 0 Å². The minimum absolute atomic E-state index is 0.591. The Morgan fingerprint density at radius 3 is 2.77 bits per heavy atom. The Hall–Kier alpha value is -1.22. The van der Waals surface area contributed by atoms with Gasteiger partial charge in [-0.25, -0.2) is 4.98 Å². The van der Waals surface area contributed by atoms with Gasteiger partial charge in [0.25, 0.3) is 0 Å². The van der Waals surface area contributed by atoms with Gasteiger partial charge in [0.15, 0.2) is 0 Å². The topological polar surface area (TPSA) is 42.2 Å². The molecule has 0 bridgehead atoms. The lowest BCUT2D eigenvalue weighted by atomic mass is 10.1. The Morgan fingerprint density at radius 2 is 2.23 bits per heavy atom. The Morgan fingerprint density at radius 1 is 1.54 bits per heavy atom. The van der Waals surface area contributed by atoms with Crippen molar-refractivity contribution in [3.63, 3.8) is 0 Å². The van der Waals surface area contributed by atoms with Crippen LogP contribution in [-0.2, 0) is 0 Å². The van der Waals surface area contributed by atoms with Gasteiger partial charge in [0, 0.05) is 13.1 Å². The highest BCUT2D eigenvalue weighted by atomic mass is 35.5. The lowest BCUT2D eigenvalue weighted by Gasteiger charge is -2.34. The maximum absolute atomic E-state index is 5.97. The van der Waals surface area contributed by atoms with Crippen molar-refractivity contribution < 1.29 is 0 Å². The first-order chi connectivity index (χ1) is 6.16. The molecular weight excluding hydrogens is 186 g/mol. The summed E-state index contributed by atoms with van der Waals surface area (Å²) in [6.45, 7) is 5.53. The van der Waals surface area contributed by atoms with Crippen LogP contribution in [0.3, 0.4) is 0 Å². The molecule has 3 nitrogen and oxygen atoms in total. The van der Waals surface area contributed by atoms with Gasteiger partial charge in [0.1, 0.15) is 5.82 Å². The summed E-state index contributed by atoms with van der Waals surface area (Å²) in [6, 6.07) is 1.71. The van der Waals surface area contributed by atoms with Crippen LogP contribution in [0.5, 0.6) is 0 Å². The zero-order valence-corrected chi connectivity index (χ0v) is 7.88. The van der Waals surface area contributed by atoms with Crippen LogP contribution in [0.1, 0.15) is 0 Å². The van der Waals surface area contributed by atoms with Crippen molar-refractivity contribution in [2.75, 3.05) is 23.7 Å². The highest BCUT2D eigenvalue weighted by Gasteiger charge is 2.21. The Labute approximate surface area is 81.8 Å². The number of pyridine rings is 1. The standard InChI is InChI=1S/C9H10ClN3/c1-6-4-13(5-6)9-8(10)2-7(11)3-12-9/h2-3H,1,4-5,11H2. The zero-order chi connectivity index (χ0) is 9.42. The molecular formula is C9H10ClN3. The third kappa shape index (κ3) is 1.47. The largest absolute Gasteiger partial charge is 0.397 e. The summed E-state index contributed by atoms with van der Waals surface area (Å²) < 4.78 is 0. The fraction of sp³-hybridized carbons (Fsp3) is 0.222. The fourth-order valence-corrected chi connectivity index (χ4v) is 1.62. The number of aromatic nitrogens is 1. The van der Waals surface area contributed by atoms with E-state index in [1.165, 1.54) is 5.57 Å². The van der Waals surface area contributed by atoms with Crippen molar-refractivity contribution in [3.05, 3.63) is 29.4 Å². The molecule has 0 radical (unpaired) electrons. The molecule has 2 rings (SSSR count). The molecule has 1 saturated heterocycles. The molecule has 68 valence electrons. The number of anilines is 2. The van der Waals surface area contributed by atoms with Gasteiger partial charge >= 0.3 is 0 Å². The molecule has 4 heteroatoms. The molecule has 0 amide bonds. The van der Waals surface area contributed by atoms with Gasteiger partial charge < -0.3 is 10.6 Å². The Balaban J connectivity index is 2.26. The molecule has 2 heterocycles. The number of nitrogen functional groups attached to an aromatic ring is 1. The molecule has 0 atom stereocenters. The van der Waals surface area contributed by atoms with Crippen LogP contribution in [0.15, 0.2) is 24.4 Å². The van der Waals surface area contributed by atoms with E-state index in [4.69, 9.17) is 17.3 Å². The first-order valence-electron chi connectivity index (χ1n) is 3.99. The number of hydrogen-bond donors (Lipinski definition) is 1. The molecule has 0 unspecified atom stereocenters. The van der Waals surface area contributed by atoms with Gasteiger partial charge in [-0.15, -0.1) is 0 Å². The summed E-state index contributed by atoms with van der Waals surface area (Å²) in [4.78, 5) is 6.22. The SMILES string of the molecule is C=C1CN(c2ncc(N)cc2Cl)C1. The van der Waals surface area contributed by atoms with Gasteiger partial charge in [-0.05, 0) is 11.6 Å². The van der Waals surface area contributed by atoms with E-state index >= 15 is 0 Å². The molecule has 0 aromatic carbocycles. The molecule has 0 saturated carbocycles. The molecule has 1 aliphatic rings. The van der Waals surface area contributed by atoms with Crippen molar-refractivity contribution in [1.29, 1.82) is 0 Å². The van der Waals surface area contributed by atoms with E-state index in [-0.39, 0.29) is 0 Å². The normalized spacial score (nSPS) is 15.8. The van der Waals surface area contributed by atoms with Gasteiger partial charge in [-0.1, -0.05) is 18.2 Å². The number of halogens is 1. The maximum atomic E-state index is 5.97. The second kappa shape index (κ2) is 2.92. The van der Waals surface area contributed by atoms with Crippen LogP contribution in [0.2, 0.25) is 5.02 Å². The number of rotatable bonds is 1. The van der Waals surface area contributed by atoms with E-state index < -0.39 is 0 Å². The summed E-state index contributed by atoms with van der Waals surface area (Å²) >= 11 is 5.97. The first-order valence-corrected chi connectivity index (χ1v) is 4.37. The lowest BCUT2D eigenvalue weighted by molar-refractivity contribution is 0.762. The van der Waals surface area contributed by atoms with E-state index in [1.807, 2.05) is 0 Å². The Bertz CT molecular complexity index is 354. The quantitative estimate of drug-likeness (QED) is 0.694. The van der Waals surface area contributed by atoms with Gasteiger partial charge in [-0.2, -0.15) is 0 Å². The number of nitrogens with two attached hydrogens (primary N) is 1. The predicted octanol–water partition coefficient (Wildman–Crippen LogP) is 1.69. The van der Waals surface area contributed by atoms with E-state index in [0.717, 1.165) is 18.9 Å². The molecule has 0 spiro atoms. The highest BCUT2D eigenvalue weighted by Crippen LogP contribution is 2.29. The fourth-order valence-electron chi connectivity index (χ4n) is 1.32. The predicted molar refractivity (Wildman–Crippen MR) is 55.0 cm³/mol. The third-order valence-electron chi connectivity index (χ3n) is 1.97. The summed E-state index contributed by atoms with van der Waals surface area (Å²) in [7, 11) is 0. The van der Waals surface area contributed by atoms with Crippen LogP contribution < -0.4 is 10.6 Å². The minimum Gasteiger partial charge on any atom is -0.397 e. The molecule has 1 aromatic rings. The van der Waals surface area contributed by atoms with Crippen LogP contribution in [0, 0.1) is 0 Å². The average Bonchev–Trinajstić information content (AvgIpc) is 2.00. The molecule has 1 aromatic heterocycles. The second-order valence-electron chi connectivity index (χ2n) is 3.18. The minimum atomic E-state index is 0.591. The van der Waals surface area contributed by atoms with Crippen molar-refractivity contribution >= 4 is 23.1 Å². The average molecular weight is 196 g/mol. The first kappa shape index (κ1) is 8.38. The summed E-state index contributed by atoms with van der Waals surface area (Å²) in [5.74, 6) is 0.795. The molecule has 1 aliphatic heterocycles. The Kier molecular flexibility index (Phi) is 1.88. The highest BCUT2D eigenvalue weighted by molar-refractivity contribution is 6.33. The smallest absolute Gasteiger partial charge is 0.148 e. The zero-order valence-electron chi connectivity index (χ0n) is 7.13. The van der Waals surface area contributed by atoms with Crippen molar-refractivity contribution in [3.8, 4) is 0 Å². The molecule has 2 N–H and O–H groups in total. The maximum Gasteiger partial charge on any atom is 0.148 e. The van der Waals surface area contributed by atoms with E-state index in [9.17, 15) is 0 Å². The van der Waals surface area contributed by atoms with E-state index in [2.05, 4.69) is 16.5 Å². The molecule has 0 aliphatic carbocycles. The van der Waals surface area contributed by atoms with Crippen molar-refractivity contribution in [2.24, 2.45) is 0 Å². The number of hydrogen-bond acceptors (Lipinski definition) is 3. The molecule has 1 fully saturated rings. The summed E-state index contributed by atoms with van der Waals surface area (Å²) in [6.07, 6.45) is 1.61. The monoisotopic (exact) mass is 195 g/mol. The summed E-state index contributed by atoms with van der Waals surface area (Å²) in [5, 5.41) is 0.604. The van der Waals surface area contributed by atoms with Crippen LogP contribution in [-0.4, -0.2) is 18.1 Å². The van der Waals surface area contributed by atoms with E-state index in [0.29, 0.717) is 10.7 Å². The second-order valence-corrected chi connectivity index (χ2v) is 3.59. The number of nitrogens with zero attached hydrogens (tertiary/aromatic N) is 2. The van der Waals surface area contributed by atoms with Crippen molar-refractivity contribution in [1.82, 2.24) is 4.98 Å². The van der Waals surface area contributed by atoms with Crippen LogP contribution in [0.25, 0.3) is 0 Å². The van der Waals surface area contributed by atoms with Gasteiger partial charge in [-0.3, -0.25) is 0 Å². The lowest BCUT2D eigenvalue weighted by Crippen LogP contribution is -2.40. The van der Waals surface area contributed by atoms with Crippen LogP contribution >= 0.6 is 11.6 Å². The third-order valence-corrected chi connectivity index (χ3v) is 2.25.